The van der Waals surface area contributed by atoms with Gasteiger partial charge in [0.15, 0.2) is 0 Å². The molecule has 1 aromatic heterocycles. The number of ether oxygens (including phenoxy) is 1. The molecule has 9 heteroatoms. The Kier molecular flexibility index (Phi) is 6.34. The largest absolute Gasteiger partial charge is 0.463 e. The Morgan fingerprint density at radius 2 is 1.88 bits per heavy atom. The molecule has 3 aromatic rings. The number of esters is 1. The maximum Gasteiger partial charge on any atom is 0.373 e. The highest BCUT2D eigenvalue weighted by molar-refractivity contribution is 7.99. The summed E-state index contributed by atoms with van der Waals surface area (Å²) in [4.78, 5) is 39.7. The first kappa shape index (κ1) is 21.7. The van der Waals surface area contributed by atoms with Gasteiger partial charge in [0.2, 0.25) is 5.76 Å². The Balaban J connectivity index is 1.53. The van der Waals surface area contributed by atoms with Gasteiger partial charge in [-0.15, -0.1) is 0 Å². The summed E-state index contributed by atoms with van der Waals surface area (Å²) in [5, 5.41) is 3.25. The second kappa shape index (κ2) is 9.33. The SMILES string of the molecule is COC(=O)c1ccc(CN2C(=O)NC(=Cc3ccccc3Sc3ccc(Cl)cc3)C2=O)o1. The first-order valence-electron chi connectivity index (χ1n) is 9.48. The van der Waals surface area contributed by atoms with Crippen molar-refractivity contribution in [1.29, 1.82) is 0 Å². The number of nitrogens with zero attached hydrogens (tertiary/aromatic N) is 1. The lowest BCUT2D eigenvalue weighted by molar-refractivity contribution is -0.123. The fourth-order valence-electron chi connectivity index (χ4n) is 3.02. The zero-order chi connectivity index (χ0) is 22.7. The number of methoxy groups -OCH3 is 1. The van der Waals surface area contributed by atoms with Crippen LogP contribution in [0.2, 0.25) is 5.02 Å². The van der Waals surface area contributed by atoms with E-state index in [2.05, 4.69) is 10.1 Å². The van der Waals surface area contributed by atoms with Gasteiger partial charge in [-0.2, -0.15) is 0 Å². The molecular weight excluding hydrogens is 452 g/mol. The van der Waals surface area contributed by atoms with Crippen LogP contribution < -0.4 is 5.32 Å². The van der Waals surface area contributed by atoms with E-state index in [1.807, 2.05) is 48.5 Å². The molecule has 3 amide bonds. The quantitative estimate of drug-likeness (QED) is 0.312. The van der Waals surface area contributed by atoms with E-state index in [-0.39, 0.29) is 23.8 Å². The van der Waals surface area contributed by atoms with Crippen LogP contribution in [0.25, 0.3) is 6.08 Å². The van der Waals surface area contributed by atoms with E-state index in [4.69, 9.17) is 16.0 Å². The Morgan fingerprint density at radius 1 is 1.12 bits per heavy atom. The number of nitrogens with one attached hydrogen (secondary N) is 1. The van der Waals surface area contributed by atoms with Crippen LogP contribution in [-0.4, -0.2) is 29.9 Å². The van der Waals surface area contributed by atoms with E-state index in [1.54, 1.807) is 6.08 Å². The molecule has 1 aliphatic heterocycles. The highest BCUT2D eigenvalue weighted by Crippen LogP contribution is 2.32. The minimum absolute atomic E-state index is 0.00142. The molecule has 2 aromatic carbocycles. The minimum atomic E-state index is -0.635. The first-order valence-corrected chi connectivity index (χ1v) is 10.7. The van der Waals surface area contributed by atoms with Crippen molar-refractivity contribution in [3.63, 3.8) is 0 Å². The van der Waals surface area contributed by atoms with Crippen molar-refractivity contribution in [3.05, 3.63) is 88.5 Å². The molecule has 4 rings (SSSR count). The van der Waals surface area contributed by atoms with Gasteiger partial charge in [0.1, 0.15) is 11.5 Å². The third kappa shape index (κ3) is 4.71. The lowest BCUT2D eigenvalue weighted by Crippen LogP contribution is -2.30. The number of urea groups is 1. The molecule has 1 aliphatic rings. The normalized spacial score (nSPS) is 14.7. The van der Waals surface area contributed by atoms with Crippen molar-refractivity contribution < 1.29 is 23.5 Å². The van der Waals surface area contributed by atoms with E-state index in [9.17, 15) is 14.4 Å². The molecule has 162 valence electrons. The number of carbonyl (C=O) groups excluding carboxylic acids is 3. The van der Waals surface area contributed by atoms with Crippen molar-refractivity contribution in [2.75, 3.05) is 7.11 Å². The van der Waals surface area contributed by atoms with E-state index < -0.39 is 17.9 Å². The minimum Gasteiger partial charge on any atom is -0.463 e. The van der Waals surface area contributed by atoms with Crippen LogP contribution in [-0.2, 0) is 16.1 Å². The number of rotatable bonds is 6. The summed E-state index contributed by atoms with van der Waals surface area (Å²) in [6.45, 7) is -0.111. The predicted molar refractivity (Wildman–Crippen MR) is 119 cm³/mol. The van der Waals surface area contributed by atoms with Crippen LogP contribution in [0.4, 0.5) is 4.79 Å². The van der Waals surface area contributed by atoms with Crippen molar-refractivity contribution in [2.45, 2.75) is 16.3 Å². The molecule has 0 aliphatic carbocycles. The number of furan rings is 1. The van der Waals surface area contributed by atoms with Crippen molar-refractivity contribution in [2.24, 2.45) is 0 Å². The molecule has 1 saturated heterocycles. The molecular formula is C23H17ClN2O5S. The Hall–Kier alpha value is -3.49. The van der Waals surface area contributed by atoms with Gasteiger partial charge in [0, 0.05) is 14.8 Å². The van der Waals surface area contributed by atoms with Gasteiger partial charge in [-0.25, -0.2) is 9.59 Å². The monoisotopic (exact) mass is 468 g/mol. The van der Waals surface area contributed by atoms with Crippen LogP contribution in [0.1, 0.15) is 21.9 Å². The summed E-state index contributed by atoms with van der Waals surface area (Å²) in [6.07, 6.45) is 1.64. The molecule has 0 saturated carbocycles. The molecule has 0 atom stereocenters. The average molecular weight is 469 g/mol. The summed E-state index contributed by atoms with van der Waals surface area (Å²) in [5.74, 6) is -0.839. The maximum atomic E-state index is 12.8. The van der Waals surface area contributed by atoms with E-state index in [0.29, 0.717) is 5.02 Å². The van der Waals surface area contributed by atoms with Crippen molar-refractivity contribution in [1.82, 2.24) is 10.2 Å². The van der Waals surface area contributed by atoms with Gasteiger partial charge in [-0.3, -0.25) is 9.69 Å². The van der Waals surface area contributed by atoms with Crippen molar-refractivity contribution in [3.8, 4) is 0 Å². The van der Waals surface area contributed by atoms with Crippen LogP contribution in [0.3, 0.4) is 0 Å². The van der Waals surface area contributed by atoms with Crippen LogP contribution in [0.15, 0.2) is 80.6 Å². The van der Waals surface area contributed by atoms with Crippen LogP contribution in [0, 0.1) is 0 Å². The highest BCUT2D eigenvalue weighted by Gasteiger charge is 2.34. The van der Waals surface area contributed by atoms with Crippen LogP contribution >= 0.6 is 23.4 Å². The molecule has 2 heterocycles. The fourth-order valence-corrected chi connectivity index (χ4v) is 4.07. The highest BCUT2D eigenvalue weighted by atomic mass is 35.5. The number of carbonyl (C=O) groups is 3. The topological polar surface area (TPSA) is 88.9 Å². The summed E-state index contributed by atoms with van der Waals surface area (Å²) in [6, 6.07) is 17.4. The second-order valence-electron chi connectivity index (χ2n) is 6.73. The Morgan fingerprint density at radius 3 is 2.62 bits per heavy atom. The second-order valence-corrected chi connectivity index (χ2v) is 8.28. The molecule has 1 fully saturated rings. The van der Waals surface area contributed by atoms with Gasteiger partial charge >= 0.3 is 12.0 Å². The fraction of sp³-hybridized carbons (Fsp3) is 0.0870. The summed E-state index contributed by atoms with van der Waals surface area (Å²) >= 11 is 7.47. The standard InChI is InChI=1S/C23H17ClN2O5S/c1-30-22(28)19-11-8-16(31-19)13-26-21(27)18(25-23(26)29)12-14-4-2-3-5-20(14)32-17-9-6-15(24)7-10-17/h2-12H,13H2,1H3,(H,25,29). The summed E-state index contributed by atoms with van der Waals surface area (Å²) < 4.78 is 9.96. The Bertz CT molecular complexity index is 1220. The maximum absolute atomic E-state index is 12.8. The third-order valence-corrected chi connectivity index (χ3v) is 5.94. The summed E-state index contributed by atoms with van der Waals surface area (Å²) in [7, 11) is 1.24. The lowest BCUT2D eigenvalue weighted by atomic mass is 10.2. The van der Waals surface area contributed by atoms with Crippen molar-refractivity contribution >= 4 is 47.3 Å². The predicted octanol–water partition coefficient (Wildman–Crippen LogP) is 4.96. The zero-order valence-electron chi connectivity index (χ0n) is 16.8. The first-order chi connectivity index (χ1) is 15.4. The zero-order valence-corrected chi connectivity index (χ0v) is 18.4. The number of halogens is 1. The molecule has 1 N–H and O–H groups in total. The molecule has 0 spiro atoms. The van der Waals surface area contributed by atoms with E-state index in [1.165, 1.54) is 31.0 Å². The van der Waals surface area contributed by atoms with Gasteiger partial charge in [-0.05, 0) is 54.1 Å². The number of hydrogen-bond donors (Lipinski definition) is 1. The van der Waals surface area contributed by atoms with Gasteiger partial charge in [0.05, 0.1) is 13.7 Å². The molecule has 0 radical (unpaired) electrons. The Labute approximate surface area is 193 Å². The summed E-state index contributed by atoms with van der Waals surface area (Å²) in [5.41, 5.74) is 0.933. The number of benzene rings is 2. The molecule has 7 nitrogen and oxygen atoms in total. The number of imide groups is 1. The smallest absolute Gasteiger partial charge is 0.373 e. The lowest BCUT2D eigenvalue weighted by Gasteiger charge is -2.09. The number of hydrogen-bond acceptors (Lipinski definition) is 6. The average Bonchev–Trinajstić information content (AvgIpc) is 3.36. The molecule has 32 heavy (non-hydrogen) atoms. The van der Waals surface area contributed by atoms with E-state index >= 15 is 0 Å². The van der Waals surface area contributed by atoms with Gasteiger partial charge in [-0.1, -0.05) is 41.6 Å². The van der Waals surface area contributed by atoms with Gasteiger partial charge < -0.3 is 14.5 Å². The van der Waals surface area contributed by atoms with Gasteiger partial charge in [0.25, 0.3) is 5.91 Å². The number of amides is 3. The molecule has 0 unspecified atom stereocenters. The molecule has 0 bridgehead atoms. The van der Waals surface area contributed by atoms with E-state index in [0.717, 1.165) is 20.3 Å². The van der Waals surface area contributed by atoms with Crippen LogP contribution in [0.5, 0.6) is 0 Å². The third-order valence-electron chi connectivity index (χ3n) is 4.58.